The lowest BCUT2D eigenvalue weighted by Gasteiger charge is -2.13. The Morgan fingerprint density at radius 1 is 1.03 bits per heavy atom. The predicted molar refractivity (Wildman–Crippen MR) is 126 cm³/mol. The van der Waals surface area contributed by atoms with Crippen LogP contribution in [0.5, 0.6) is 28.7 Å². The van der Waals surface area contributed by atoms with Crippen LogP contribution in [0, 0.1) is 17.0 Å². The Hall–Kier alpha value is -4.53. The first kappa shape index (κ1) is 22.7. The van der Waals surface area contributed by atoms with Gasteiger partial charge >= 0.3 is 0 Å². The maximum Gasteiger partial charge on any atom is 0.269 e. The van der Waals surface area contributed by atoms with Gasteiger partial charge in [0.2, 0.25) is 0 Å². The molecule has 174 valence electrons. The average Bonchev–Trinajstić information content (AvgIpc) is 3.19. The molecular weight excluding hydrogens is 438 g/mol. The van der Waals surface area contributed by atoms with Gasteiger partial charge in [-0.1, -0.05) is 12.1 Å². The summed E-state index contributed by atoms with van der Waals surface area (Å²) in [5.74, 6) is 2.03. The molecule has 9 nitrogen and oxygen atoms in total. The van der Waals surface area contributed by atoms with Crippen molar-refractivity contribution in [1.82, 2.24) is 10.2 Å². The number of non-ortho nitro benzene ring substituents is 1. The van der Waals surface area contributed by atoms with Crippen LogP contribution in [0.2, 0.25) is 0 Å². The Morgan fingerprint density at radius 2 is 1.76 bits per heavy atom. The molecule has 9 heteroatoms. The third-order valence-electron chi connectivity index (χ3n) is 5.03. The standard InChI is InChI=1S/C25H23N3O6/c1-3-32-22-6-4-5-7-23(22)34-25-16(2)26-27-24(25)20-13-12-19(14-21(20)29)33-15-17-8-10-18(11-9-17)28(30)31/h4-14,29H,3,15H2,1-2H3,(H,26,27). The van der Waals surface area contributed by atoms with Gasteiger partial charge in [-0.25, -0.2) is 0 Å². The van der Waals surface area contributed by atoms with Crippen LogP contribution in [0.25, 0.3) is 11.3 Å². The van der Waals surface area contributed by atoms with E-state index in [0.717, 1.165) is 5.56 Å². The van der Waals surface area contributed by atoms with E-state index in [1.54, 1.807) is 30.3 Å². The van der Waals surface area contributed by atoms with Crippen LogP contribution < -0.4 is 14.2 Å². The molecule has 1 heterocycles. The van der Waals surface area contributed by atoms with Gasteiger partial charge in [0, 0.05) is 23.8 Å². The molecule has 0 amide bonds. The number of H-pyrrole nitrogens is 1. The number of nitrogens with zero attached hydrogens (tertiary/aromatic N) is 2. The molecular formula is C25H23N3O6. The molecule has 2 N–H and O–H groups in total. The van der Waals surface area contributed by atoms with Crippen LogP contribution in [0.4, 0.5) is 5.69 Å². The van der Waals surface area contributed by atoms with Gasteiger partial charge in [-0.05, 0) is 55.8 Å². The SMILES string of the molecule is CCOc1ccccc1Oc1c(-c2ccc(OCc3ccc([N+](=O)[O-])cc3)cc2O)n[nH]c1C. The summed E-state index contributed by atoms with van der Waals surface area (Å²) in [6.07, 6.45) is 0. The predicted octanol–water partition coefficient (Wildman–Crippen LogP) is 5.77. The molecule has 0 fully saturated rings. The maximum absolute atomic E-state index is 10.8. The summed E-state index contributed by atoms with van der Waals surface area (Å²) >= 11 is 0. The van der Waals surface area contributed by atoms with Crippen molar-refractivity contribution in [3.8, 4) is 40.0 Å². The minimum absolute atomic E-state index is 0.0157. The number of nitrogens with one attached hydrogen (secondary N) is 1. The molecule has 34 heavy (non-hydrogen) atoms. The van der Waals surface area contributed by atoms with E-state index < -0.39 is 4.92 Å². The summed E-state index contributed by atoms with van der Waals surface area (Å²) in [4.78, 5) is 10.3. The summed E-state index contributed by atoms with van der Waals surface area (Å²) in [6, 6.07) is 18.3. The molecule has 3 aromatic carbocycles. The first-order valence-electron chi connectivity index (χ1n) is 10.6. The molecule has 0 radical (unpaired) electrons. The second-order valence-corrected chi connectivity index (χ2v) is 7.40. The number of aromatic hydroxyl groups is 1. The number of phenolic OH excluding ortho intramolecular Hbond substituents is 1. The largest absolute Gasteiger partial charge is 0.507 e. The Balaban J connectivity index is 1.53. The summed E-state index contributed by atoms with van der Waals surface area (Å²) in [6.45, 7) is 4.42. The second kappa shape index (κ2) is 9.95. The van der Waals surface area contributed by atoms with Crippen molar-refractivity contribution in [2.75, 3.05) is 6.61 Å². The molecule has 4 aromatic rings. The molecule has 0 atom stereocenters. The van der Waals surface area contributed by atoms with Crippen LogP contribution in [0.1, 0.15) is 18.2 Å². The van der Waals surface area contributed by atoms with E-state index in [9.17, 15) is 15.2 Å². The van der Waals surface area contributed by atoms with E-state index in [4.69, 9.17) is 14.2 Å². The maximum atomic E-state index is 10.8. The van der Waals surface area contributed by atoms with Gasteiger partial charge in [0.15, 0.2) is 17.2 Å². The molecule has 4 rings (SSSR count). The van der Waals surface area contributed by atoms with E-state index >= 15 is 0 Å². The number of benzene rings is 3. The zero-order valence-electron chi connectivity index (χ0n) is 18.6. The Morgan fingerprint density at radius 3 is 2.44 bits per heavy atom. The zero-order chi connectivity index (χ0) is 24.1. The highest BCUT2D eigenvalue weighted by atomic mass is 16.6. The van der Waals surface area contributed by atoms with Gasteiger partial charge < -0.3 is 19.3 Å². The smallest absolute Gasteiger partial charge is 0.269 e. The minimum atomic E-state index is -0.453. The monoisotopic (exact) mass is 461 g/mol. The molecule has 1 aromatic heterocycles. The van der Waals surface area contributed by atoms with Crippen LogP contribution in [0.3, 0.4) is 0 Å². The molecule has 0 aliphatic carbocycles. The van der Waals surface area contributed by atoms with Crippen molar-refractivity contribution >= 4 is 5.69 Å². The summed E-state index contributed by atoms with van der Waals surface area (Å²) in [5.41, 5.74) is 2.39. The zero-order valence-corrected chi connectivity index (χ0v) is 18.6. The molecule has 0 unspecified atom stereocenters. The molecule has 0 spiro atoms. The molecule has 0 saturated carbocycles. The third kappa shape index (κ3) is 4.93. The van der Waals surface area contributed by atoms with Crippen LogP contribution in [-0.4, -0.2) is 26.8 Å². The van der Waals surface area contributed by atoms with Crippen LogP contribution in [0.15, 0.2) is 66.7 Å². The fourth-order valence-corrected chi connectivity index (χ4v) is 3.33. The summed E-state index contributed by atoms with van der Waals surface area (Å²) in [5, 5.41) is 28.7. The number of para-hydroxylation sites is 2. The molecule has 0 bridgehead atoms. The summed E-state index contributed by atoms with van der Waals surface area (Å²) in [7, 11) is 0. The minimum Gasteiger partial charge on any atom is -0.507 e. The highest BCUT2D eigenvalue weighted by Gasteiger charge is 2.19. The van der Waals surface area contributed by atoms with Gasteiger partial charge in [-0.2, -0.15) is 5.10 Å². The lowest BCUT2D eigenvalue weighted by molar-refractivity contribution is -0.384. The second-order valence-electron chi connectivity index (χ2n) is 7.40. The third-order valence-corrected chi connectivity index (χ3v) is 5.03. The van der Waals surface area contributed by atoms with E-state index in [0.29, 0.717) is 46.6 Å². The van der Waals surface area contributed by atoms with Gasteiger partial charge in [0.1, 0.15) is 23.8 Å². The van der Waals surface area contributed by atoms with Gasteiger partial charge in [-0.15, -0.1) is 0 Å². The van der Waals surface area contributed by atoms with E-state index in [1.165, 1.54) is 18.2 Å². The van der Waals surface area contributed by atoms with E-state index in [2.05, 4.69) is 10.2 Å². The van der Waals surface area contributed by atoms with Crippen LogP contribution in [-0.2, 0) is 6.61 Å². The Bertz CT molecular complexity index is 1300. The van der Waals surface area contributed by atoms with Crippen molar-refractivity contribution in [3.63, 3.8) is 0 Å². The number of aromatic nitrogens is 2. The topological polar surface area (TPSA) is 120 Å². The highest BCUT2D eigenvalue weighted by Crippen LogP contribution is 2.41. The first-order chi connectivity index (χ1) is 16.5. The molecule has 0 aliphatic heterocycles. The van der Waals surface area contributed by atoms with Crippen molar-refractivity contribution in [1.29, 1.82) is 0 Å². The number of hydrogen-bond acceptors (Lipinski definition) is 7. The van der Waals surface area contributed by atoms with Crippen LogP contribution >= 0.6 is 0 Å². The highest BCUT2D eigenvalue weighted by molar-refractivity contribution is 5.74. The molecule has 0 aliphatic rings. The number of aryl methyl sites for hydroxylation is 1. The number of ether oxygens (including phenoxy) is 3. The van der Waals surface area contributed by atoms with E-state index in [-0.39, 0.29) is 18.0 Å². The lowest BCUT2D eigenvalue weighted by Crippen LogP contribution is -1.97. The number of rotatable bonds is 9. The molecule has 0 saturated heterocycles. The Labute approximate surface area is 195 Å². The van der Waals surface area contributed by atoms with Gasteiger partial charge in [-0.3, -0.25) is 15.2 Å². The number of nitro benzene ring substituents is 1. The fraction of sp³-hybridized carbons (Fsp3) is 0.160. The van der Waals surface area contributed by atoms with E-state index in [1.807, 2.05) is 32.0 Å². The lowest BCUT2D eigenvalue weighted by atomic mass is 10.1. The van der Waals surface area contributed by atoms with Crippen molar-refractivity contribution in [2.45, 2.75) is 20.5 Å². The number of phenols is 1. The first-order valence-corrected chi connectivity index (χ1v) is 10.6. The average molecular weight is 461 g/mol. The number of nitro groups is 1. The normalized spacial score (nSPS) is 10.6. The van der Waals surface area contributed by atoms with Gasteiger partial charge in [0.05, 0.1) is 17.2 Å². The van der Waals surface area contributed by atoms with Gasteiger partial charge in [0.25, 0.3) is 5.69 Å². The van der Waals surface area contributed by atoms with Crippen molar-refractivity contribution in [2.24, 2.45) is 0 Å². The van der Waals surface area contributed by atoms with Crippen molar-refractivity contribution in [3.05, 3.63) is 88.1 Å². The summed E-state index contributed by atoms with van der Waals surface area (Å²) < 4.78 is 17.5. The number of aromatic amines is 1. The quantitative estimate of drug-likeness (QED) is 0.240. The van der Waals surface area contributed by atoms with Crippen molar-refractivity contribution < 1.29 is 24.2 Å². The fourth-order valence-electron chi connectivity index (χ4n) is 3.33. The number of hydrogen-bond donors (Lipinski definition) is 2. The Kier molecular flexibility index (Phi) is 6.63.